The van der Waals surface area contributed by atoms with Gasteiger partial charge in [0.25, 0.3) is 0 Å². The molecular weight excluding hydrogens is 1260 g/mol. The summed E-state index contributed by atoms with van der Waals surface area (Å²) in [4.78, 5) is 72.7. The highest BCUT2D eigenvalue weighted by Crippen LogP contribution is 2.45. The van der Waals surface area contributed by atoms with Crippen LogP contribution in [0.2, 0.25) is 0 Å². The zero-order valence-corrected chi connectivity index (χ0v) is 62.1. The van der Waals surface area contributed by atoms with Gasteiger partial charge in [-0.25, -0.2) is 9.13 Å². The molecule has 0 aliphatic carbocycles. The van der Waals surface area contributed by atoms with Gasteiger partial charge in [-0.3, -0.25) is 37.3 Å². The molecule has 96 heavy (non-hydrogen) atoms. The highest BCUT2D eigenvalue weighted by Gasteiger charge is 2.30. The maximum atomic E-state index is 13.1. The van der Waals surface area contributed by atoms with Gasteiger partial charge in [-0.05, 0) is 116 Å². The van der Waals surface area contributed by atoms with Gasteiger partial charge in [0.1, 0.15) is 19.3 Å². The Bertz CT molecular complexity index is 2200. The predicted molar refractivity (Wildman–Crippen MR) is 390 cm³/mol. The van der Waals surface area contributed by atoms with Crippen molar-refractivity contribution >= 4 is 39.5 Å². The quantitative estimate of drug-likeness (QED) is 0.0169. The molecule has 5 unspecified atom stereocenters. The Kier molecular flexibility index (Phi) is 66.6. The van der Waals surface area contributed by atoms with Crippen LogP contribution < -0.4 is 0 Å². The second kappa shape index (κ2) is 69.5. The SMILES string of the molecule is CC/C=C\C/C=C\C/C=C\C/C=C\CCCCC(=O)OCC(COP(=O)(O)OCC(O)COP(=O)(O)OCC(COC(=O)CCCCCCC/C=C\C/C=C\C/C=C\CC)OC(=O)CCCCCCCCCCCCCCCCC)OC(=O)CCCCCCC/C=C\CCCC. The molecule has 0 bridgehead atoms. The molecule has 0 saturated carbocycles. The first kappa shape index (κ1) is 92.0. The molecule has 5 atom stereocenters. The van der Waals surface area contributed by atoms with Crippen molar-refractivity contribution in [3.63, 3.8) is 0 Å². The number of esters is 4. The van der Waals surface area contributed by atoms with Crippen molar-refractivity contribution in [1.29, 1.82) is 0 Å². The summed E-state index contributed by atoms with van der Waals surface area (Å²) in [5, 5.41) is 10.6. The van der Waals surface area contributed by atoms with E-state index in [2.05, 4.69) is 125 Å². The van der Waals surface area contributed by atoms with Crippen LogP contribution in [0.4, 0.5) is 0 Å². The fourth-order valence-electron chi connectivity index (χ4n) is 9.85. The van der Waals surface area contributed by atoms with Crippen LogP contribution in [-0.2, 0) is 65.4 Å². The number of unbranched alkanes of at least 4 members (excludes halogenated alkanes) is 28. The van der Waals surface area contributed by atoms with Gasteiger partial charge < -0.3 is 33.8 Å². The van der Waals surface area contributed by atoms with E-state index in [-0.39, 0.29) is 25.7 Å². The van der Waals surface area contributed by atoms with E-state index in [1.165, 1.54) is 77.0 Å². The van der Waals surface area contributed by atoms with Crippen LogP contribution in [0.15, 0.2) is 97.2 Å². The molecule has 0 aliphatic rings. The molecule has 3 N–H and O–H groups in total. The van der Waals surface area contributed by atoms with E-state index in [1.807, 2.05) is 0 Å². The first-order valence-corrected chi connectivity index (χ1v) is 40.5. The first-order valence-electron chi connectivity index (χ1n) is 37.5. The summed E-state index contributed by atoms with van der Waals surface area (Å²) in [7, 11) is -9.96. The summed E-state index contributed by atoms with van der Waals surface area (Å²) in [6, 6.07) is 0. The highest BCUT2D eigenvalue weighted by molar-refractivity contribution is 7.47. The highest BCUT2D eigenvalue weighted by atomic mass is 31.2. The van der Waals surface area contributed by atoms with E-state index < -0.39 is 97.5 Å². The van der Waals surface area contributed by atoms with Crippen LogP contribution in [0.1, 0.15) is 310 Å². The normalized spacial score (nSPS) is 14.5. The van der Waals surface area contributed by atoms with Gasteiger partial charge in [-0.2, -0.15) is 0 Å². The molecule has 0 aromatic rings. The maximum absolute atomic E-state index is 13.1. The number of phosphoric acid groups is 2. The van der Waals surface area contributed by atoms with E-state index in [1.54, 1.807) is 0 Å². The van der Waals surface area contributed by atoms with Crippen LogP contribution in [0, 0.1) is 0 Å². The van der Waals surface area contributed by atoms with E-state index in [9.17, 15) is 43.2 Å². The predicted octanol–water partition coefficient (Wildman–Crippen LogP) is 21.2. The van der Waals surface area contributed by atoms with Gasteiger partial charge >= 0.3 is 39.5 Å². The monoisotopic (exact) mass is 1390 g/mol. The van der Waals surface area contributed by atoms with Crippen molar-refractivity contribution in [2.24, 2.45) is 0 Å². The smallest absolute Gasteiger partial charge is 0.462 e. The number of aliphatic hydroxyl groups is 1. The topological polar surface area (TPSA) is 237 Å². The number of ether oxygens (including phenoxy) is 4. The van der Waals surface area contributed by atoms with Crippen molar-refractivity contribution in [1.82, 2.24) is 0 Å². The second-order valence-electron chi connectivity index (χ2n) is 24.8. The summed E-state index contributed by atoms with van der Waals surface area (Å²) in [5.41, 5.74) is 0. The Balaban J connectivity index is 5.36. The maximum Gasteiger partial charge on any atom is 0.472 e. The van der Waals surface area contributed by atoms with Crippen LogP contribution in [0.3, 0.4) is 0 Å². The third-order valence-electron chi connectivity index (χ3n) is 15.5. The van der Waals surface area contributed by atoms with Crippen molar-refractivity contribution in [2.45, 2.75) is 329 Å². The Morgan fingerprint density at radius 3 is 0.896 bits per heavy atom. The lowest BCUT2D eigenvalue weighted by molar-refractivity contribution is -0.161. The number of aliphatic hydroxyl groups excluding tert-OH is 1. The molecule has 0 heterocycles. The Morgan fingerprint density at radius 1 is 0.302 bits per heavy atom. The molecule has 554 valence electrons. The standard InChI is InChI=1S/C77H134O17P2/c1-5-9-13-17-21-25-29-32-35-38-42-45-49-53-57-61-74(79)87-67-72(93-76(81)63-59-55-51-47-41-28-24-20-16-12-8-4)69-91-95(83,84)89-65-71(78)66-90-96(85,86)92-70-73(94-77(82)64-60-56-52-48-44-40-37-34-31-27-23-19-15-11-7-3)68-88-75(80)62-58-54-50-46-43-39-36-33-30-26-22-18-14-10-6-2/h9-10,13-14,20-22,24-26,32-33,35-36,42,45,71-73,78H,5-8,11-12,15-19,23,27-31,34,37-41,43-44,46-70H2,1-4H3,(H,83,84)(H,85,86)/b13-9-,14-10-,24-20-,25-21-,26-22-,35-32-,36-33-,45-42-. The summed E-state index contributed by atoms with van der Waals surface area (Å²) in [6.07, 6.45) is 71.3. The Labute approximate surface area is 582 Å². The number of carbonyl (C=O) groups is 4. The van der Waals surface area contributed by atoms with Crippen molar-refractivity contribution < 1.29 is 80.2 Å². The lowest BCUT2D eigenvalue weighted by atomic mass is 10.0. The molecule has 0 spiro atoms. The van der Waals surface area contributed by atoms with E-state index in [4.69, 9.17) is 37.0 Å². The summed E-state index contributed by atoms with van der Waals surface area (Å²) in [6.45, 7) is 4.55. The Hall–Kier alpha value is -4.02. The summed E-state index contributed by atoms with van der Waals surface area (Å²) < 4.78 is 68.3. The van der Waals surface area contributed by atoms with Crippen LogP contribution >= 0.6 is 15.6 Å². The van der Waals surface area contributed by atoms with E-state index in [0.717, 1.165) is 154 Å². The zero-order valence-electron chi connectivity index (χ0n) is 60.3. The van der Waals surface area contributed by atoms with Gasteiger partial charge in [-0.1, -0.05) is 266 Å². The van der Waals surface area contributed by atoms with Gasteiger partial charge in [0, 0.05) is 25.7 Å². The number of carbonyl (C=O) groups excluding carboxylic acids is 4. The van der Waals surface area contributed by atoms with Crippen LogP contribution in [0.5, 0.6) is 0 Å². The molecule has 0 aromatic carbocycles. The van der Waals surface area contributed by atoms with Gasteiger partial charge in [-0.15, -0.1) is 0 Å². The number of allylic oxidation sites excluding steroid dienone is 16. The summed E-state index contributed by atoms with van der Waals surface area (Å²) >= 11 is 0. The molecular formula is C77H134O17P2. The third-order valence-corrected chi connectivity index (χ3v) is 17.4. The Morgan fingerprint density at radius 2 is 0.552 bits per heavy atom. The van der Waals surface area contributed by atoms with Gasteiger partial charge in [0.2, 0.25) is 0 Å². The molecule has 0 aliphatic heterocycles. The number of hydrogen-bond acceptors (Lipinski definition) is 15. The molecule has 0 rings (SSSR count). The van der Waals surface area contributed by atoms with E-state index in [0.29, 0.717) is 25.7 Å². The van der Waals surface area contributed by atoms with Crippen molar-refractivity contribution in [3.05, 3.63) is 97.2 Å². The fourth-order valence-corrected chi connectivity index (χ4v) is 11.4. The molecule has 0 radical (unpaired) electrons. The fraction of sp³-hybridized carbons (Fsp3) is 0.740. The molecule has 0 aromatic heterocycles. The average Bonchev–Trinajstić information content (AvgIpc) is 1.11. The average molecular weight is 1390 g/mol. The van der Waals surface area contributed by atoms with Gasteiger partial charge in [0.15, 0.2) is 12.2 Å². The first-order chi connectivity index (χ1) is 46.7. The number of hydrogen-bond donors (Lipinski definition) is 3. The van der Waals surface area contributed by atoms with E-state index >= 15 is 0 Å². The molecule has 19 heteroatoms. The number of phosphoric ester groups is 2. The molecule has 0 amide bonds. The van der Waals surface area contributed by atoms with Crippen molar-refractivity contribution in [2.75, 3.05) is 39.6 Å². The molecule has 17 nitrogen and oxygen atoms in total. The molecule has 0 saturated heterocycles. The van der Waals surface area contributed by atoms with Gasteiger partial charge in [0.05, 0.1) is 26.4 Å². The number of rotatable bonds is 70. The largest absolute Gasteiger partial charge is 0.472 e. The second-order valence-corrected chi connectivity index (χ2v) is 27.7. The molecule has 0 fully saturated rings. The minimum Gasteiger partial charge on any atom is -0.462 e. The third kappa shape index (κ3) is 68.5. The minimum absolute atomic E-state index is 0.0751. The van der Waals surface area contributed by atoms with Crippen LogP contribution in [-0.4, -0.2) is 96.7 Å². The lowest BCUT2D eigenvalue weighted by Gasteiger charge is -2.21. The lowest BCUT2D eigenvalue weighted by Crippen LogP contribution is -2.30. The van der Waals surface area contributed by atoms with Crippen molar-refractivity contribution in [3.8, 4) is 0 Å². The van der Waals surface area contributed by atoms with Crippen LogP contribution in [0.25, 0.3) is 0 Å². The zero-order chi connectivity index (χ0) is 70.4. The summed E-state index contributed by atoms with van der Waals surface area (Å²) in [5.74, 6) is -2.24. The minimum atomic E-state index is -4.98.